The summed E-state index contributed by atoms with van der Waals surface area (Å²) in [6.45, 7) is 4.10. The molecule has 4 nitrogen and oxygen atoms in total. The van der Waals surface area contributed by atoms with Crippen LogP contribution in [0.4, 0.5) is 5.95 Å². The van der Waals surface area contributed by atoms with Crippen LogP contribution in [0.3, 0.4) is 0 Å². The van der Waals surface area contributed by atoms with Crippen molar-refractivity contribution >= 4 is 18.2 Å². The number of fused-ring (bicyclic) bond motifs is 1. The fourth-order valence-corrected chi connectivity index (χ4v) is 3.07. The molecule has 98 valence electrons. The molecule has 18 heavy (non-hydrogen) atoms. The maximum atomic E-state index is 5.43. The molecule has 0 spiro atoms. The monoisotopic (exact) mass is 264 g/mol. The zero-order valence-electron chi connectivity index (χ0n) is 10.7. The third-order valence-electron chi connectivity index (χ3n) is 3.85. The quantitative estimate of drug-likeness (QED) is 0.763. The molecule has 0 aliphatic carbocycles. The number of anilines is 1. The number of nitrogens with one attached hydrogen (secondary N) is 2. The van der Waals surface area contributed by atoms with Crippen molar-refractivity contribution in [2.24, 2.45) is 0 Å². The van der Waals surface area contributed by atoms with Gasteiger partial charge < -0.3 is 15.2 Å². The molecule has 0 radical (unpaired) electrons. The van der Waals surface area contributed by atoms with Crippen LogP contribution in [0.2, 0.25) is 0 Å². The summed E-state index contributed by atoms with van der Waals surface area (Å²) in [7, 11) is 0. The zero-order chi connectivity index (χ0) is 12.4. The number of hydrogen-bond acceptors (Lipinski definition) is 4. The van der Waals surface area contributed by atoms with Gasteiger partial charge in [-0.1, -0.05) is 25.1 Å². The average molecular weight is 264 g/mol. The summed E-state index contributed by atoms with van der Waals surface area (Å²) in [5.74, 6) is 0.988. The van der Waals surface area contributed by atoms with Crippen molar-refractivity contribution in [2.45, 2.75) is 38.6 Å². The summed E-state index contributed by atoms with van der Waals surface area (Å²) in [6, 6.07) is 0. The molecule has 0 unspecified atom stereocenters. The summed E-state index contributed by atoms with van der Waals surface area (Å²) in [4.78, 5) is 10.5. The first kappa shape index (κ1) is 12.1. The van der Waals surface area contributed by atoms with Crippen molar-refractivity contribution in [3.63, 3.8) is 0 Å². The second kappa shape index (κ2) is 5.36. The predicted octanol–water partition coefficient (Wildman–Crippen LogP) is 2.17. The molecule has 2 aliphatic heterocycles. The molecule has 0 aromatic carbocycles. The first-order valence-corrected chi connectivity index (χ1v) is 7.33. The lowest BCUT2D eigenvalue weighted by Gasteiger charge is -2.24. The number of aromatic amines is 1. The largest absolute Gasteiger partial charge is 0.342 e. The fraction of sp³-hybridized carbons (Fsp3) is 0.692. The molecule has 1 saturated heterocycles. The van der Waals surface area contributed by atoms with Gasteiger partial charge in [-0.3, -0.25) is 0 Å². The third-order valence-corrected chi connectivity index (χ3v) is 4.19. The van der Waals surface area contributed by atoms with Crippen molar-refractivity contribution in [3.8, 4) is 0 Å². The Balaban J connectivity index is 1.92. The van der Waals surface area contributed by atoms with Gasteiger partial charge in [-0.05, 0) is 12.8 Å². The number of aromatic nitrogens is 2. The molecular weight excluding hydrogens is 244 g/mol. The fourth-order valence-electron chi connectivity index (χ4n) is 2.79. The molecule has 2 aliphatic rings. The van der Waals surface area contributed by atoms with E-state index in [9.17, 15) is 0 Å². The minimum absolute atomic E-state index is 0.773. The SMILES string of the molecule is S=c1nc(N2CCCCCC2)[nH]c2c1CNCC2. The highest BCUT2D eigenvalue weighted by molar-refractivity contribution is 7.71. The van der Waals surface area contributed by atoms with E-state index in [1.54, 1.807) is 0 Å². The van der Waals surface area contributed by atoms with Crippen LogP contribution in [0.15, 0.2) is 0 Å². The highest BCUT2D eigenvalue weighted by Crippen LogP contribution is 2.19. The maximum absolute atomic E-state index is 5.43. The second-order valence-corrected chi connectivity index (χ2v) is 5.54. The van der Waals surface area contributed by atoms with Gasteiger partial charge in [-0.25, -0.2) is 4.98 Å². The molecule has 0 amide bonds. The maximum Gasteiger partial charge on any atom is 0.204 e. The van der Waals surface area contributed by atoms with Gasteiger partial charge in [0.25, 0.3) is 0 Å². The van der Waals surface area contributed by atoms with E-state index in [1.165, 1.54) is 36.9 Å². The van der Waals surface area contributed by atoms with E-state index in [0.717, 1.165) is 43.2 Å². The second-order valence-electron chi connectivity index (χ2n) is 5.15. The van der Waals surface area contributed by atoms with E-state index >= 15 is 0 Å². The summed E-state index contributed by atoms with van der Waals surface area (Å²) in [5.41, 5.74) is 2.47. The molecule has 1 aromatic rings. The van der Waals surface area contributed by atoms with Crippen LogP contribution in [-0.4, -0.2) is 29.6 Å². The van der Waals surface area contributed by atoms with Crippen molar-refractivity contribution in [3.05, 3.63) is 15.9 Å². The first-order valence-electron chi connectivity index (χ1n) is 6.92. The third kappa shape index (κ3) is 2.42. The van der Waals surface area contributed by atoms with E-state index in [0.29, 0.717) is 0 Å². The number of rotatable bonds is 1. The Labute approximate surface area is 113 Å². The van der Waals surface area contributed by atoms with E-state index in [4.69, 9.17) is 12.2 Å². The minimum atomic E-state index is 0.773. The van der Waals surface area contributed by atoms with E-state index in [1.807, 2.05) is 0 Å². The Hall–Kier alpha value is -0.940. The molecule has 2 N–H and O–H groups in total. The Morgan fingerprint density at radius 3 is 2.67 bits per heavy atom. The van der Waals surface area contributed by atoms with Crippen LogP contribution in [0.1, 0.15) is 36.9 Å². The van der Waals surface area contributed by atoms with E-state index in [2.05, 4.69) is 20.2 Å². The van der Waals surface area contributed by atoms with E-state index < -0.39 is 0 Å². The van der Waals surface area contributed by atoms with E-state index in [-0.39, 0.29) is 0 Å². The first-order chi connectivity index (χ1) is 8.84. The average Bonchev–Trinajstić information content (AvgIpc) is 2.67. The smallest absolute Gasteiger partial charge is 0.204 e. The summed E-state index contributed by atoms with van der Waals surface area (Å²) in [6.07, 6.45) is 6.24. The standard InChI is InChI=1S/C13H20N4S/c18-12-10-9-14-6-5-11(10)15-13(16-12)17-7-3-1-2-4-8-17/h14H,1-9H2,(H,15,16,18). The summed E-state index contributed by atoms with van der Waals surface area (Å²) >= 11 is 5.43. The predicted molar refractivity (Wildman–Crippen MR) is 75.5 cm³/mol. The van der Waals surface area contributed by atoms with Gasteiger partial charge in [-0.2, -0.15) is 0 Å². The van der Waals surface area contributed by atoms with Crippen molar-refractivity contribution < 1.29 is 0 Å². The molecule has 3 rings (SSSR count). The van der Waals surface area contributed by atoms with Crippen LogP contribution in [0, 0.1) is 4.64 Å². The van der Waals surface area contributed by atoms with Gasteiger partial charge in [0, 0.05) is 43.9 Å². The molecule has 5 heteroatoms. The van der Waals surface area contributed by atoms with Gasteiger partial charge in [0.15, 0.2) is 0 Å². The lowest BCUT2D eigenvalue weighted by molar-refractivity contribution is 0.619. The Kier molecular flexibility index (Phi) is 3.61. The molecule has 0 atom stereocenters. The summed E-state index contributed by atoms with van der Waals surface area (Å²) < 4.78 is 0.773. The number of H-pyrrole nitrogens is 1. The Bertz CT molecular complexity index is 474. The Morgan fingerprint density at radius 1 is 1.11 bits per heavy atom. The van der Waals surface area contributed by atoms with Crippen LogP contribution in [0.25, 0.3) is 0 Å². The summed E-state index contributed by atoms with van der Waals surface area (Å²) in [5, 5.41) is 3.35. The highest BCUT2D eigenvalue weighted by atomic mass is 32.1. The van der Waals surface area contributed by atoms with Gasteiger partial charge >= 0.3 is 0 Å². The molecule has 0 saturated carbocycles. The minimum Gasteiger partial charge on any atom is -0.342 e. The normalized spacial score (nSPS) is 20.3. The molecule has 1 aromatic heterocycles. The van der Waals surface area contributed by atoms with Crippen molar-refractivity contribution in [1.82, 2.24) is 15.3 Å². The van der Waals surface area contributed by atoms with Crippen LogP contribution < -0.4 is 10.2 Å². The Morgan fingerprint density at radius 2 is 1.89 bits per heavy atom. The van der Waals surface area contributed by atoms with Crippen LogP contribution >= 0.6 is 12.2 Å². The highest BCUT2D eigenvalue weighted by Gasteiger charge is 2.16. The topological polar surface area (TPSA) is 44.0 Å². The van der Waals surface area contributed by atoms with Crippen LogP contribution in [0.5, 0.6) is 0 Å². The van der Waals surface area contributed by atoms with Gasteiger partial charge in [0.2, 0.25) is 5.95 Å². The number of nitrogens with zero attached hydrogens (tertiary/aromatic N) is 2. The molecule has 0 bridgehead atoms. The lowest BCUT2D eigenvalue weighted by Crippen LogP contribution is -2.30. The van der Waals surface area contributed by atoms with Crippen molar-refractivity contribution in [1.29, 1.82) is 0 Å². The molecule has 1 fully saturated rings. The molecule has 3 heterocycles. The van der Waals surface area contributed by atoms with Gasteiger partial charge in [0.1, 0.15) is 4.64 Å². The van der Waals surface area contributed by atoms with Crippen LogP contribution in [-0.2, 0) is 13.0 Å². The van der Waals surface area contributed by atoms with Crippen molar-refractivity contribution in [2.75, 3.05) is 24.5 Å². The lowest BCUT2D eigenvalue weighted by atomic mass is 10.1. The zero-order valence-corrected chi connectivity index (χ0v) is 11.5. The van der Waals surface area contributed by atoms with Gasteiger partial charge in [-0.15, -0.1) is 0 Å². The van der Waals surface area contributed by atoms with Gasteiger partial charge in [0.05, 0.1) is 0 Å². The number of hydrogen-bond donors (Lipinski definition) is 2. The molecular formula is C13H20N4S.